The van der Waals surface area contributed by atoms with E-state index in [1.165, 1.54) is 30.6 Å². The first-order valence-electron chi connectivity index (χ1n) is 20.1. The second-order valence-corrected chi connectivity index (χ2v) is 18.5. The van der Waals surface area contributed by atoms with Crippen LogP contribution in [0.15, 0.2) is 58.9 Å². The summed E-state index contributed by atoms with van der Waals surface area (Å²) in [4.78, 5) is 51.3. The number of hydrogen-bond donors (Lipinski definition) is 2. The molecule has 2 N–H and O–H groups in total. The number of thioether (sulfide) groups is 1. The van der Waals surface area contributed by atoms with Crippen molar-refractivity contribution in [1.82, 2.24) is 25.4 Å². The molecule has 0 spiro atoms. The Morgan fingerprint density at radius 3 is 2.51 bits per heavy atom. The molecule has 1 aliphatic carbocycles. The molecular weight excluding hydrogens is 734 g/mol. The van der Waals surface area contributed by atoms with E-state index in [0.29, 0.717) is 31.9 Å². The van der Waals surface area contributed by atoms with Crippen LogP contribution in [0.5, 0.6) is 5.75 Å². The third kappa shape index (κ3) is 11.1. The van der Waals surface area contributed by atoms with Crippen LogP contribution in [0.25, 0.3) is 10.4 Å². The third-order valence-corrected chi connectivity index (χ3v) is 13.3. The number of nitrogens with one attached hydrogen (secondary N) is 2. The number of thiazole rings is 1. The summed E-state index contributed by atoms with van der Waals surface area (Å²) in [5, 5.41) is 5.77. The lowest BCUT2D eigenvalue weighted by Gasteiger charge is -2.35. The molecule has 2 unspecified atom stereocenters. The maximum absolute atomic E-state index is 14.6. The Kier molecular flexibility index (Phi) is 14.0. The van der Waals surface area contributed by atoms with Crippen molar-refractivity contribution in [2.45, 2.75) is 115 Å². The van der Waals surface area contributed by atoms with Gasteiger partial charge in [0.05, 0.1) is 22.7 Å². The van der Waals surface area contributed by atoms with E-state index in [4.69, 9.17) is 4.74 Å². The van der Waals surface area contributed by atoms with Crippen LogP contribution in [0.3, 0.4) is 0 Å². The van der Waals surface area contributed by atoms with Crippen LogP contribution < -0.4 is 15.4 Å². The van der Waals surface area contributed by atoms with Gasteiger partial charge in [0.25, 0.3) is 5.91 Å². The van der Waals surface area contributed by atoms with Gasteiger partial charge in [0, 0.05) is 23.5 Å². The van der Waals surface area contributed by atoms with Crippen molar-refractivity contribution in [3.8, 4) is 16.2 Å². The first-order valence-corrected chi connectivity index (χ1v) is 21.9. The minimum atomic E-state index is -1.89. The van der Waals surface area contributed by atoms with E-state index in [9.17, 15) is 18.8 Å². The van der Waals surface area contributed by atoms with Crippen LogP contribution in [-0.2, 0) is 20.9 Å². The summed E-state index contributed by atoms with van der Waals surface area (Å²) in [6.07, 6.45) is 7.33. The number of benzene rings is 2. The zero-order chi connectivity index (χ0) is 39.0. The molecule has 298 valence electrons. The van der Waals surface area contributed by atoms with Crippen LogP contribution in [-0.4, -0.2) is 88.8 Å². The van der Waals surface area contributed by atoms with Crippen LogP contribution in [0.1, 0.15) is 89.8 Å². The Morgan fingerprint density at radius 2 is 1.82 bits per heavy atom. The number of halogens is 1. The van der Waals surface area contributed by atoms with E-state index in [1.807, 2.05) is 57.1 Å². The minimum Gasteiger partial charge on any atom is -0.493 e. The normalized spacial score (nSPS) is 19.2. The van der Waals surface area contributed by atoms with Gasteiger partial charge in [-0.05, 0) is 125 Å². The van der Waals surface area contributed by atoms with Gasteiger partial charge >= 0.3 is 0 Å². The van der Waals surface area contributed by atoms with Crippen molar-refractivity contribution in [1.29, 1.82) is 0 Å². The van der Waals surface area contributed by atoms with E-state index >= 15 is 0 Å². The number of aryl methyl sites for hydroxylation is 1. The fourth-order valence-corrected chi connectivity index (χ4v) is 9.28. The van der Waals surface area contributed by atoms with Crippen LogP contribution in [0, 0.1) is 18.3 Å². The molecule has 55 heavy (non-hydrogen) atoms. The van der Waals surface area contributed by atoms with Crippen LogP contribution >= 0.6 is 23.1 Å². The molecule has 3 aromatic rings. The number of ether oxygens (including phenoxy) is 1. The zero-order valence-corrected chi connectivity index (χ0v) is 34.5. The Labute approximate surface area is 334 Å². The number of piperidine rings is 1. The Bertz CT molecular complexity index is 1750. The van der Waals surface area contributed by atoms with E-state index in [0.717, 1.165) is 59.3 Å². The maximum Gasteiger partial charge on any atom is 0.258 e. The first kappa shape index (κ1) is 41.2. The van der Waals surface area contributed by atoms with Gasteiger partial charge in [0.15, 0.2) is 5.67 Å². The highest BCUT2D eigenvalue weighted by molar-refractivity contribution is 7.99. The number of rotatable bonds is 17. The van der Waals surface area contributed by atoms with Gasteiger partial charge in [-0.2, -0.15) is 0 Å². The van der Waals surface area contributed by atoms with Gasteiger partial charge in [0.2, 0.25) is 11.8 Å². The summed E-state index contributed by atoms with van der Waals surface area (Å²) >= 11 is 3.54. The van der Waals surface area contributed by atoms with Crippen molar-refractivity contribution < 1.29 is 23.5 Å². The van der Waals surface area contributed by atoms with Gasteiger partial charge in [-0.15, -0.1) is 23.1 Å². The van der Waals surface area contributed by atoms with Crippen molar-refractivity contribution in [2.75, 3.05) is 38.5 Å². The number of hydrogen-bond acceptors (Lipinski definition) is 8. The molecule has 2 aliphatic heterocycles. The molecule has 0 bridgehead atoms. The fraction of sp³-hybridized carbons (Fsp3) is 0.581. The molecule has 2 atom stereocenters. The molecule has 6 rings (SSSR count). The lowest BCUT2D eigenvalue weighted by molar-refractivity contribution is -0.144. The molecule has 12 heteroatoms. The summed E-state index contributed by atoms with van der Waals surface area (Å²) in [6.45, 7) is 12.2. The number of aromatic nitrogens is 1. The average molecular weight is 792 g/mol. The van der Waals surface area contributed by atoms with Crippen LogP contribution in [0.2, 0.25) is 0 Å². The predicted molar refractivity (Wildman–Crippen MR) is 219 cm³/mol. The number of carbonyl (C=O) groups excluding carboxylic acids is 3. The molecule has 2 saturated heterocycles. The monoisotopic (exact) mass is 791 g/mol. The molecule has 3 amide bonds. The quantitative estimate of drug-likeness (QED) is 0.106. The summed E-state index contributed by atoms with van der Waals surface area (Å²) in [5.74, 6) is 1.19. The predicted octanol–water partition coefficient (Wildman–Crippen LogP) is 7.81. The zero-order valence-electron chi connectivity index (χ0n) is 32.9. The largest absolute Gasteiger partial charge is 0.493 e. The van der Waals surface area contributed by atoms with E-state index < -0.39 is 29.1 Å². The Hall–Kier alpha value is -3.48. The summed E-state index contributed by atoms with van der Waals surface area (Å²) < 4.78 is 21.1. The standard InChI is InChI=1S/C43H58FN5O4S2/c1-30-37(55-29-46-30)32-14-15-33(28-45-39(50)35-13-10-22-49(35)40(51)38(42(2,3)4)47-41(52)43(44)19-20-43)36(27-32)53-25-18-31-16-23-48(24-17-31)21-8-9-26-54-34-11-6-5-7-12-34/h5-7,11-12,14-15,27,29,31,35,38H,8-10,13,16-26,28H2,1-4H3,(H,45,50)(H,47,52). The maximum atomic E-state index is 14.6. The molecule has 1 aromatic heterocycles. The second-order valence-electron chi connectivity index (χ2n) is 16.5. The average Bonchev–Trinajstić information content (AvgIpc) is 3.51. The van der Waals surface area contributed by atoms with Gasteiger partial charge in [-0.3, -0.25) is 14.4 Å². The molecule has 9 nitrogen and oxygen atoms in total. The lowest BCUT2D eigenvalue weighted by atomic mass is 9.85. The SMILES string of the molecule is Cc1ncsc1-c1ccc(CNC(=O)C2CCCN2C(=O)C(NC(=O)C2(F)CC2)C(C)(C)C)c(OCCC2CCN(CCCCSc3ccccc3)CC2)c1. The number of alkyl halides is 1. The fourth-order valence-electron chi connectivity index (χ4n) is 7.55. The number of amides is 3. The van der Waals surface area contributed by atoms with Gasteiger partial charge in [-0.1, -0.05) is 51.1 Å². The summed E-state index contributed by atoms with van der Waals surface area (Å²) in [5.41, 5.74) is 2.16. The summed E-state index contributed by atoms with van der Waals surface area (Å²) in [7, 11) is 0. The molecular formula is C43H58FN5O4S2. The number of unbranched alkanes of at least 4 members (excludes halogenated alkanes) is 1. The smallest absolute Gasteiger partial charge is 0.258 e. The van der Waals surface area contributed by atoms with Crippen molar-refractivity contribution in [3.63, 3.8) is 0 Å². The molecule has 1 saturated carbocycles. The molecule has 0 radical (unpaired) electrons. The van der Waals surface area contributed by atoms with Gasteiger partial charge in [0.1, 0.15) is 17.8 Å². The van der Waals surface area contributed by atoms with E-state index in [1.54, 1.807) is 16.2 Å². The topological polar surface area (TPSA) is 104 Å². The number of nitrogens with zero attached hydrogens (tertiary/aromatic N) is 3. The van der Waals surface area contributed by atoms with Crippen molar-refractivity contribution in [2.24, 2.45) is 11.3 Å². The lowest BCUT2D eigenvalue weighted by Crippen LogP contribution is -2.58. The highest BCUT2D eigenvalue weighted by Gasteiger charge is 2.53. The van der Waals surface area contributed by atoms with Gasteiger partial charge in [-0.25, -0.2) is 9.37 Å². The van der Waals surface area contributed by atoms with Crippen molar-refractivity contribution in [3.05, 3.63) is 65.3 Å². The summed E-state index contributed by atoms with van der Waals surface area (Å²) in [6, 6.07) is 15.1. The molecule has 3 heterocycles. The van der Waals surface area contributed by atoms with Crippen LogP contribution in [0.4, 0.5) is 4.39 Å². The highest BCUT2D eigenvalue weighted by Crippen LogP contribution is 2.40. The van der Waals surface area contributed by atoms with E-state index in [-0.39, 0.29) is 31.2 Å². The number of likely N-dealkylation sites (tertiary alicyclic amines) is 2. The molecule has 2 aromatic carbocycles. The molecule has 3 fully saturated rings. The van der Waals surface area contributed by atoms with Crippen molar-refractivity contribution >= 4 is 40.8 Å². The highest BCUT2D eigenvalue weighted by atomic mass is 32.2. The first-order chi connectivity index (χ1) is 26.4. The minimum absolute atomic E-state index is 0.171. The van der Waals surface area contributed by atoms with E-state index in [2.05, 4.69) is 56.9 Å². The number of carbonyl (C=O) groups is 3. The molecule has 3 aliphatic rings. The Balaban J connectivity index is 1.01. The Morgan fingerprint density at radius 1 is 1.05 bits per heavy atom. The third-order valence-electron chi connectivity index (χ3n) is 11.2. The second kappa shape index (κ2) is 18.6. The van der Waals surface area contributed by atoms with Gasteiger partial charge < -0.3 is 25.2 Å².